The SMILES string of the molecule is O=C(c1cccc(N2CCNC2=O)c1)N1CCN(C(=O)c2ccc(F)cc2Cl)CC1. The number of benzene rings is 2. The van der Waals surface area contributed by atoms with E-state index in [2.05, 4.69) is 5.32 Å². The molecule has 0 spiro atoms. The van der Waals surface area contributed by atoms with Crippen LogP contribution in [0.4, 0.5) is 14.9 Å². The van der Waals surface area contributed by atoms with Crippen LogP contribution in [0.2, 0.25) is 5.02 Å². The lowest BCUT2D eigenvalue weighted by Gasteiger charge is -2.35. The maximum atomic E-state index is 13.2. The van der Waals surface area contributed by atoms with Crippen LogP contribution in [0.15, 0.2) is 42.5 Å². The van der Waals surface area contributed by atoms with Crippen molar-refractivity contribution in [3.63, 3.8) is 0 Å². The Labute approximate surface area is 178 Å². The lowest BCUT2D eigenvalue weighted by molar-refractivity contribution is 0.0535. The number of amides is 4. The molecule has 2 fully saturated rings. The summed E-state index contributed by atoms with van der Waals surface area (Å²) in [7, 11) is 0. The molecule has 2 saturated heterocycles. The Balaban J connectivity index is 1.41. The standard InChI is InChI=1S/C21H20ClFN4O3/c22-18-13-15(23)4-5-17(18)20(29)26-10-8-25(9-11-26)19(28)14-2-1-3-16(12-14)27-7-6-24-21(27)30/h1-5,12-13H,6-11H2,(H,24,30). The van der Waals surface area contributed by atoms with Gasteiger partial charge in [-0.05, 0) is 36.4 Å². The summed E-state index contributed by atoms with van der Waals surface area (Å²) in [6.07, 6.45) is 0. The monoisotopic (exact) mass is 430 g/mol. The van der Waals surface area contributed by atoms with Crippen LogP contribution in [0.3, 0.4) is 0 Å². The van der Waals surface area contributed by atoms with E-state index in [4.69, 9.17) is 11.6 Å². The lowest BCUT2D eigenvalue weighted by atomic mass is 10.1. The van der Waals surface area contributed by atoms with E-state index in [0.717, 1.165) is 6.07 Å². The first-order valence-corrected chi connectivity index (χ1v) is 10.0. The van der Waals surface area contributed by atoms with Gasteiger partial charge in [-0.25, -0.2) is 9.18 Å². The molecule has 0 saturated carbocycles. The normalized spacial score (nSPS) is 16.6. The summed E-state index contributed by atoms with van der Waals surface area (Å²) in [5, 5.41) is 2.81. The average Bonchev–Trinajstić information content (AvgIpc) is 3.19. The second-order valence-electron chi connectivity index (χ2n) is 7.14. The molecule has 1 N–H and O–H groups in total. The Kier molecular flexibility index (Phi) is 5.59. The van der Waals surface area contributed by atoms with E-state index in [1.807, 2.05) is 0 Å². The molecule has 0 aromatic heterocycles. The van der Waals surface area contributed by atoms with Gasteiger partial charge in [0.05, 0.1) is 10.6 Å². The van der Waals surface area contributed by atoms with Crippen molar-refractivity contribution in [3.8, 4) is 0 Å². The van der Waals surface area contributed by atoms with Crippen molar-refractivity contribution < 1.29 is 18.8 Å². The molecule has 7 nitrogen and oxygen atoms in total. The molecule has 2 aliphatic heterocycles. The molecule has 0 bridgehead atoms. The van der Waals surface area contributed by atoms with Gasteiger partial charge < -0.3 is 15.1 Å². The fraction of sp³-hybridized carbons (Fsp3) is 0.286. The van der Waals surface area contributed by atoms with E-state index >= 15 is 0 Å². The second kappa shape index (κ2) is 8.31. The Morgan fingerprint density at radius 1 is 0.933 bits per heavy atom. The van der Waals surface area contributed by atoms with Gasteiger partial charge in [0.25, 0.3) is 11.8 Å². The van der Waals surface area contributed by atoms with Gasteiger partial charge in [0.1, 0.15) is 5.82 Å². The number of halogens is 2. The molecule has 0 aliphatic carbocycles. The van der Waals surface area contributed by atoms with Crippen molar-refractivity contribution in [1.82, 2.24) is 15.1 Å². The van der Waals surface area contributed by atoms with Gasteiger partial charge in [0.15, 0.2) is 0 Å². The van der Waals surface area contributed by atoms with Crippen molar-refractivity contribution in [2.75, 3.05) is 44.2 Å². The Hall–Kier alpha value is -3.13. The molecule has 9 heteroatoms. The van der Waals surface area contributed by atoms with Gasteiger partial charge >= 0.3 is 6.03 Å². The quantitative estimate of drug-likeness (QED) is 0.813. The van der Waals surface area contributed by atoms with Crippen molar-refractivity contribution in [3.05, 3.63) is 64.4 Å². The summed E-state index contributed by atoms with van der Waals surface area (Å²) in [5.41, 5.74) is 1.42. The number of urea groups is 1. The Morgan fingerprint density at radius 3 is 2.27 bits per heavy atom. The van der Waals surface area contributed by atoms with E-state index in [-0.39, 0.29) is 28.4 Å². The van der Waals surface area contributed by atoms with Crippen LogP contribution in [0.1, 0.15) is 20.7 Å². The van der Waals surface area contributed by atoms with E-state index in [9.17, 15) is 18.8 Å². The number of carbonyl (C=O) groups excluding carboxylic acids is 3. The fourth-order valence-corrected chi connectivity index (χ4v) is 3.90. The Bertz CT molecular complexity index is 1010. The van der Waals surface area contributed by atoms with Gasteiger partial charge in [-0.1, -0.05) is 17.7 Å². The van der Waals surface area contributed by atoms with Gasteiger partial charge in [0, 0.05) is 50.5 Å². The number of carbonyl (C=O) groups is 3. The van der Waals surface area contributed by atoms with Crippen LogP contribution < -0.4 is 10.2 Å². The summed E-state index contributed by atoms with van der Waals surface area (Å²) < 4.78 is 13.2. The molecule has 2 aliphatic rings. The van der Waals surface area contributed by atoms with Crippen molar-refractivity contribution in [2.45, 2.75) is 0 Å². The number of anilines is 1. The summed E-state index contributed by atoms with van der Waals surface area (Å²) in [6.45, 7) is 2.59. The van der Waals surface area contributed by atoms with Crippen LogP contribution in [0, 0.1) is 5.82 Å². The molecule has 4 amide bonds. The minimum Gasteiger partial charge on any atom is -0.336 e. The third-order valence-corrected chi connectivity index (χ3v) is 5.59. The molecule has 2 heterocycles. The molecule has 0 unspecified atom stereocenters. The highest BCUT2D eigenvalue weighted by Gasteiger charge is 2.27. The van der Waals surface area contributed by atoms with Crippen molar-refractivity contribution in [2.24, 2.45) is 0 Å². The van der Waals surface area contributed by atoms with Gasteiger partial charge in [0.2, 0.25) is 0 Å². The molecule has 30 heavy (non-hydrogen) atoms. The van der Waals surface area contributed by atoms with Crippen LogP contribution in [0.25, 0.3) is 0 Å². The number of hydrogen-bond acceptors (Lipinski definition) is 3. The fourth-order valence-electron chi connectivity index (χ4n) is 3.65. The first kappa shape index (κ1) is 20.2. The maximum Gasteiger partial charge on any atom is 0.321 e. The molecule has 0 radical (unpaired) electrons. The number of nitrogens with zero attached hydrogens (tertiary/aromatic N) is 3. The molecular weight excluding hydrogens is 411 g/mol. The number of hydrogen-bond donors (Lipinski definition) is 1. The molecule has 0 atom stereocenters. The highest BCUT2D eigenvalue weighted by Crippen LogP contribution is 2.22. The molecule has 156 valence electrons. The topological polar surface area (TPSA) is 73.0 Å². The number of piperazine rings is 1. The highest BCUT2D eigenvalue weighted by atomic mass is 35.5. The average molecular weight is 431 g/mol. The van der Waals surface area contributed by atoms with E-state index < -0.39 is 5.82 Å². The van der Waals surface area contributed by atoms with Crippen LogP contribution in [-0.2, 0) is 0 Å². The van der Waals surface area contributed by atoms with Crippen LogP contribution >= 0.6 is 11.6 Å². The largest absolute Gasteiger partial charge is 0.336 e. The Morgan fingerprint density at radius 2 is 1.63 bits per heavy atom. The lowest BCUT2D eigenvalue weighted by Crippen LogP contribution is -2.50. The second-order valence-corrected chi connectivity index (χ2v) is 7.55. The van der Waals surface area contributed by atoms with E-state index in [1.165, 1.54) is 12.1 Å². The first-order valence-electron chi connectivity index (χ1n) is 9.63. The zero-order chi connectivity index (χ0) is 21.3. The van der Waals surface area contributed by atoms with Crippen molar-refractivity contribution in [1.29, 1.82) is 0 Å². The molecule has 4 rings (SSSR count). The zero-order valence-corrected chi connectivity index (χ0v) is 16.9. The van der Waals surface area contributed by atoms with Gasteiger partial charge in [-0.3, -0.25) is 14.5 Å². The maximum absolute atomic E-state index is 13.2. The molecular formula is C21H20ClFN4O3. The van der Waals surface area contributed by atoms with Crippen molar-refractivity contribution >= 4 is 35.1 Å². The van der Waals surface area contributed by atoms with Crippen LogP contribution in [-0.4, -0.2) is 66.9 Å². The molecule has 2 aromatic carbocycles. The minimum atomic E-state index is -0.499. The van der Waals surface area contributed by atoms with Crippen LogP contribution in [0.5, 0.6) is 0 Å². The minimum absolute atomic E-state index is 0.0706. The molecule has 2 aromatic rings. The van der Waals surface area contributed by atoms with E-state index in [0.29, 0.717) is 50.5 Å². The summed E-state index contributed by atoms with van der Waals surface area (Å²) >= 11 is 6.00. The van der Waals surface area contributed by atoms with E-state index in [1.54, 1.807) is 39.0 Å². The van der Waals surface area contributed by atoms with Gasteiger partial charge in [-0.15, -0.1) is 0 Å². The smallest absolute Gasteiger partial charge is 0.321 e. The summed E-state index contributed by atoms with van der Waals surface area (Å²) in [5.74, 6) is -0.932. The summed E-state index contributed by atoms with van der Waals surface area (Å²) in [4.78, 5) is 42.4. The summed E-state index contributed by atoms with van der Waals surface area (Å²) in [6, 6.07) is 10.5. The van der Waals surface area contributed by atoms with Gasteiger partial charge in [-0.2, -0.15) is 0 Å². The predicted molar refractivity (Wildman–Crippen MR) is 110 cm³/mol. The first-order chi connectivity index (χ1) is 14.4. The zero-order valence-electron chi connectivity index (χ0n) is 16.1. The third kappa shape index (κ3) is 3.95. The highest BCUT2D eigenvalue weighted by molar-refractivity contribution is 6.33. The number of nitrogens with one attached hydrogen (secondary N) is 1. The predicted octanol–water partition coefficient (Wildman–Crippen LogP) is 2.61. The third-order valence-electron chi connectivity index (χ3n) is 5.28. The number of rotatable bonds is 3.